The molecule has 314 valence electrons. The van der Waals surface area contributed by atoms with Gasteiger partial charge in [-0.05, 0) is 129 Å². The summed E-state index contributed by atoms with van der Waals surface area (Å²) >= 11 is 0. The summed E-state index contributed by atoms with van der Waals surface area (Å²) < 4.78 is 0. The Morgan fingerprint density at radius 3 is 1.85 bits per heavy atom. The Morgan fingerprint density at radius 1 is 0.439 bits per heavy atom. The maximum absolute atomic E-state index is 9.37. The van der Waals surface area contributed by atoms with Crippen molar-refractivity contribution in [2.75, 3.05) is 0 Å². The second-order valence-electron chi connectivity index (χ2n) is 17.0. The predicted molar refractivity (Wildman–Crippen MR) is 275 cm³/mol. The fourth-order valence-corrected chi connectivity index (χ4v) is 9.76. The highest BCUT2D eigenvalue weighted by Crippen LogP contribution is 2.46. The van der Waals surface area contributed by atoms with Crippen LogP contribution in [0.15, 0.2) is 231 Å². The van der Waals surface area contributed by atoms with Gasteiger partial charge in [-0.2, -0.15) is 5.26 Å². The second kappa shape index (κ2) is 17.8. The molecule has 2 unspecified atom stereocenters. The van der Waals surface area contributed by atoms with Crippen LogP contribution in [-0.2, 0) is 6.54 Å². The van der Waals surface area contributed by atoms with Crippen LogP contribution in [0.25, 0.3) is 87.6 Å². The van der Waals surface area contributed by atoms with Gasteiger partial charge in [0.25, 0.3) is 0 Å². The Kier molecular flexibility index (Phi) is 10.9. The quantitative estimate of drug-likeness (QED) is 0.0689. The molecule has 0 aliphatic heterocycles. The van der Waals surface area contributed by atoms with Crippen LogP contribution in [0.1, 0.15) is 34.6 Å². The van der Waals surface area contributed by atoms with E-state index in [-0.39, 0.29) is 6.17 Å². The monoisotopic (exact) mass is 846 g/mol. The van der Waals surface area contributed by atoms with E-state index < -0.39 is 6.17 Å². The van der Waals surface area contributed by atoms with E-state index in [9.17, 15) is 5.26 Å². The summed E-state index contributed by atoms with van der Waals surface area (Å²) in [6.45, 7) is 0.591. The molecular formula is C62H46N4. The molecule has 11 aromatic carbocycles. The highest BCUT2D eigenvalue weighted by Gasteiger charge is 2.22. The normalized spacial score (nSPS) is 12.4. The Bertz CT molecular complexity index is 3590. The van der Waals surface area contributed by atoms with Crippen molar-refractivity contribution in [1.82, 2.24) is 10.6 Å². The summed E-state index contributed by atoms with van der Waals surface area (Å²) in [6, 6.07) is 84.1. The van der Waals surface area contributed by atoms with Crippen molar-refractivity contribution in [3.05, 3.63) is 253 Å². The summed E-state index contributed by atoms with van der Waals surface area (Å²) in [7, 11) is 0. The van der Waals surface area contributed by atoms with Gasteiger partial charge in [0, 0.05) is 6.54 Å². The number of nitriles is 1. The minimum atomic E-state index is -0.481. The molecule has 0 amide bonds. The van der Waals surface area contributed by atoms with Crippen LogP contribution in [0.4, 0.5) is 0 Å². The first-order valence-electron chi connectivity index (χ1n) is 22.5. The summed E-state index contributed by atoms with van der Waals surface area (Å²) in [5, 5.41) is 26.8. The molecule has 11 rings (SSSR count). The van der Waals surface area contributed by atoms with Crippen LogP contribution in [0.3, 0.4) is 0 Å². The summed E-state index contributed by atoms with van der Waals surface area (Å²) in [6.07, 6.45) is -0.786. The molecule has 0 heterocycles. The molecule has 2 atom stereocenters. The lowest BCUT2D eigenvalue weighted by molar-refractivity contribution is 0.386. The van der Waals surface area contributed by atoms with Gasteiger partial charge in [0.2, 0.25) is 0 Å². The molecule has 0 fully saturated rings. The molecule has 0 saturated heterocycles. The van der Waals surface area contributed by atoms with Gasteiger partial charge < -0.3 is 5.73 Å². The molecule has 0 aliphatic rings. The van der Waals surface area contributed by atoms with Gasteiger partial charge in [0.15, 0.2) is 0 Å². The van der Waals surface area contributed by atoms with Gasteiger partial charge in [-0.1, -0.05) is 206 Å². The minimum absolute atomic E-state index is 0.305. The number of nitrogens with zero attached hydrogens (tertiary/aromatic N) is 1. The van der Waals surface area contributed by atoms with Gasteiger partial charge in [0.05, 0.1) is 24.0 Å². The Balaban J connectivity index is 1.01. The number of hydrogen-bond donors (Lipinski definition) is 3. The van der Waals surface area contributed by atoms with Gasteiger partial charge in [0.1, 0.15) is 0 Å². The molecule has 4 N–H and O–H groups in total. The minimum Gasteiger partial charge on any atom is -0.312 e. The van der Waals surface area contributed by atoms with Crippen molar-refractivity contribution >= 4 is 43.1 Å². The lowest BCUT2D eigenvalue weighted by Crippen LogP contribution is -2.40. The number of hydrogen-bond acceptors (Lipinski definition) is 4. The molecule has 0 saturated carbocycles. The van der Waals surface area contributed by atoms with E-state index in [2.05, 4.69) is 217 Å². The summed E-state index contributed by atoms with van der Waals surface area (Å²) in [4.78, 5) is 0. The molecule has 0 bridgehead atoms. The van der Waals surface area contributed by atoms with Crippen LogP contribution < -0.4 is 16.4 Å². The highest BCUT2D eigenvalue weighted by atomic mass is 15.2. The maximum Gasteiger partial charge on any atom is 0.0991 e. The third kappa shape index (κ3) is 7.79. The van der Waals surface area contributed by atoms with Gasteiger partial charge in [-0.25, -0.2) is 0 Å². The fraction of sp³-hybridized carbons (Fsp3) is 0.0484. The number of rotatable bonds is 11. The molecule has 0 radical (unpaired) electrons. The van der Waals surface area contributed by atoms with E-state index in [1.807, 2.05) is 30.3 Å². The SMILES string of the molecule is N#Cc1ccc(-c2cccc(CNC(NC(N)c3ccccc3-c3ccccc3)c3ccc(-c4c5ccccc5c(-c5ccc6ccccc6c5)c5ccc6ccccc6c45)cc3)c2)cc1. The third-order valence-electron chi connectivity index (χ3n) is 13.0. The molecule has 0 aromatic heterocycles. The van der Waals surface area contributed by atoms with Crippen molar-refractivity contribution in [1.29, 1.82) is 5.26 Å². The topological polar surface area (TPSA) is 73.9 Å². The van der Waals surface area contributed by atoms with Crippen LogP contribution in [0.5, 0.6) is 0 Å². The van der Waals surface area contributed by atoms with Crippen molar-refractivity contribution in [2.45, 2.75) is 18.9 Å². The van der Waals surface area contributed by atoms with E-state index in [0.29, 0.717) is 12.1 Å². The summed E-state index contributed by atoms with van der Waals surface area (Å²) in [5.74, 6) is 0. The van der Waals surface area contributed by atoms with Crippen LogP contribution in [-0.4, -0.2) is 0 Å². The number of benzene rings is 11. The summed E-state index contributed by atoms with van der Waals surface area (Å²) in [5.41, 5.74) is 20.3. The van der Waals surface area contributed by atoms with Crippen LogP contribution >= 0.6 is 0 Å². The lowest BCUT2D eigenvalue weighted by atomic mass is 9.83. The van der Waals surface area contributed by atoms with Crippen molar-refractivity contribution < 1.29 is 0 Å². The molecule has 0 spiro atoms. The van der Waals surface area contributed by atoms with E-state index in [1.54, 1.807) is 0 Å². The first-order chi connectivity index (χ1) is 32.6. The zero-order chi connectivity index (χ0) is 44.4. The fourth-order valence-electron chi connectivity index (χ4n) is 9.76. The zero-order valence-corrected chi connectivity index (χ0v) is 36.3. The first-order valence-corrected chi connectivity index (χ1v) is 22.5. The van der Waals surface area contributed by atoms with E-state index >= 15 is 0 Å². The van der Waals surface area contributed by atoms with Crippen LogP contribution in [0, 0.1) is 11.3 Å². The lowest BCUT2D eigenvalue weighted by Gasteiger charge is -2.27. The molecular weight excluding hydrogens is 801 g/mol. The van der Waals surface area contributed by atoms with E-state index in [4.69, 9.17) is 5.73 Å². The van der Waals surface area contributed by atoms with Crippen molar-refractivity contribution in [3.63, 3.8) is 0 Å². The number of nitrogens with one attached hydrogen (secondary N) is 2. The van der Waals surface area contributed by atoms with Gasteiger partial charge in [-0.3, -0.25) is 10.6 Å². The second-order valence-corrected chi connectivity index (χ2v) is 17.0. The molecule has 4 heteroatoms. The Labute approximate surface area is 385 Å². The molecule has 0 aliphatic carbocycles. The van der Waals surface area contributed by atoms with Crippen LogP contribution in [0.2, 0.25) is 0 Å². The average Bonchev–Trinajstić information content (AvgIpc) is 3.39. The van der Waals surface area contributed by atoms with Gasteiger partial charge in [-0.15, -0.1) is 0 Å². The largest absolute Gasteiger partial charge is 0.312 e. The Hall–Kier alpha value is -8.17. The average molecular weight is 847 g/mol. The molecule has 4 nitrogen and oxygen atoms in total. The predicted octanol–water partition coefficient (Wildman–Crippen LogP) is 14.9. The standard InChI is InChI=1S/C62H46N4/c63-39-41-25-27-44(28-26-41)49-19-12-13-42(37-49)40-65-62(66-61(64)56-24-11-8-20-52(56)45-15-2-1-3-16-45)48-32-30-47(31-33-48)59-55-23-10-9-22-54(55)58(51-34-29-43-14-4-5-18-50(43)38-51)57-36-35-46-17-6-7-21-53(46)60(57)59/h1-38,61-62,65-66H,40,64H2. The van der Waals surface area contributed by atoms with E-state index in [1.165, 1.54) is 59.8 Å². The smallest absolute Gasteiger partial charge is 0.0991 e. The van der Waals surface area contributed by atoms with E-state index in [0.717, 1.165) is 44.5 Å². The van der Waals surface area contributed by atoms with Crippen molar-refractivity contribution in [2.24, 2.45) is 5.73 Å². The Morgan fingerprint density at radius 2 is 1.06 bits per heavy atom. The number of nitrogens with two attached hydrogens (primary N) is 1. The van der Waals surface area contributed by atoms with Gasteiger partial charge >= 0.3 is 0 Å². The third-order valence-corrected chi connectivity index (χ3v) is 13.0. The first kappa shape index (κ1) is 40.6. The maximum atomic E-state index is 9.37. The van der Waals surface area contributed by atoms with Crippen molar-refractivity contribution in [3.8, 4) is 50.6 Å². The molecule has 11 aromatic rings. The zero-order valence-electron chi connectivity index (χ0n) is 36.3. The highest BCUT2D eigenvalue weighted by molar-refractivity contribution is 6.28. The number of fused-ring (bicyclic) bond motifs is 5. The molecule has 66 heavy (non-hydrogen) atoms.